The summed E-state index contributed by atoms with van der Waals surface area (Å²) in [5.41, 5.74) is 9.11. The van der Waals surface area contributed by atoms with Gasteiger partial charge in [0.2, 0.25) is 0 Å². The zero-order chi connectivity index (χ0) is 10.8. The van der Waals surface area contributed by atoms with Gasteiger partial charge in [0.1, 0.15) is 6.61 Å². The molecule has 2 rings (SSSR count). The highest BCUT2D eigenvalue weighted by Gasteiger charge is 2.13. The second-order valence-corrected chi connectivity index (χ2v) is 3.49. The van der Waals surface area contributed by atoms with Crippen LogP contribution in [0.1, 0.15) is 5.56 Å². The Hall–Kier alpha value is -1.97. The smallest absolute Gasteiger partial charge is 0.333 e. The van der Waals surface area contributed by atoms with Crippen molar-refractivity contribution in [1.82, 2.24) is 0 Å². The summed E-state index contributed by atoms with van der Waals surface area (Å²) in [6.07, 6.45) is 1.43. The summed E-state index contributed by atoms with van der Waals surface area (Å²) in [5.74, 6) is -0.316. The standard InChI is InChI=1S/C11H12N2O2/c1-7-2-3-10(9(12)4-7)13-8-5-11(14)15-6-8/h2-5,13H,6,12H2,1H3. The van der Waals surface area contributed by atoms with Crippen molar-refractivity contribution in [3.63, 3.8) is 0 Å². The van der Waals surface area contributed by atoms with Gasteiger partial charge in [0, 0.05) is 6.08 Å². The molecular weight excluding hydrogens is 192 g/mol. The van der Waals surface area contributed by atoms with Crippen molar-refractivity contribution in [2.45, 2.75) is 6.92 Å². The SMILES string of the molecule is Cc1ccc(NC2=CC(=O)OC2)c(N)c1. The number of hydrogen-bond donors (Lipinski definition) is 2. The van der Waals surface area contributed by atoms with Crippen LogP contribution in [0.2, 0.25) is 0 Å². The van der Waals surface area contributed by atoms with Gasteiger partial charge in [-0.1, -0.05) is 6.07 Å². The molecule has 0 atom stereocenters. The third kappa shape index (κ3) is 2.10. The second kappa shape index (κ2) is 3.65. The van der Waals surface area contributed by atoms with E-state index in [2.05, 4.69) is 5.32 Å². The molecule has 15 heavy (non-hydrogen) atoms. The van der Waals surface area contributed by atoms with Crippen molar-refractivity contribution in [2.75, 3.05) is 17.7 Å². The van der Waals surface area contributed by atoms with Crippen LogP contribution in [-0.2, 0) is 9.53 Å². The largest absolute Gasteiger partial charge is 0.456 e. The van der Waals surface area contributed by atoms with Crippen LogP contribution in [0.5, 0.6) is 0 Å². The van der Waals surface area contributed by atoms with Gasteiger partial charge in [-0.25, -0.2) is 4.79 Å². The molecule has 0 aromatic heterocycles. The highest BCUT2D eigenvalue weighted by Crippen LogP contribution is 2.22. The first-order valence-corrected chi connectivity index (χ1v) is 4.65. The third-order valence-electron chi connectivity index (χ3n) is 2.16. The van der Waals surface area contributed by atoms with Gasteiger partial charge < -0.3 is 15.8 Å². The Balaban J connectivity index is 2.18. The van der Waals surface area contributed by atoms with Crippen LogP contribution in [0.4, 0.5) is 11.4 Å². The number of nitrogen functional groups attached to an aromatic ring is 1. The molecule has 0 amide bonds. The minimum atomic E-state index is -0.316. The average molecular weight is 204 g/mol. The molecule has 1 aromatic rings. The maximum absolute atomic E-state index is 10.8. The molecule has 0 radical (unpaired) electrons. The fourth-order valence-electron chi connectivity index (χ4n) is 1.42. The Morgan fingerprint density at radius 3 is 2.87 bits per heavy atom. The molecule has 4 nitrogen and oxygen atoms in total. The molecule has 0 fully saturated rings. The third-order valence-corrected chi connectivity index (χ3v) is 2.16. The number of benzene rings is 1. The minimum absolute atomic E-state index is 0.284. The quantitative estimate of drug-likeness (QED) is 0.565. The summed E-state index contributed by atoms with van der Waals surface area (Å²) in [7, 11) is 0. The lowest BCUT2D eigenvalue weighted by molar-refractivity contribution is -0.134. The minimum Gasteiger partial charge on any atom is -0.456 e. The van der Waals surface area contributed by atoms with E-state index >= 15 is 0 Å². The Kier molecular flexibility index (Phi) is 2.33. The number of rotatable bonds is 2. The monoisotopic (exact) mass is 204 g/mol. The molecule has 0 aliphatic carbocycles. The number of esters is 1. The van der Waals surface area contributed by atoms with Crippen LogP contribution in [0.25, 0.3) is 0 Å². The van der Waals surface area contributed by atoms with E-state index < -0.39 is 0 Å². The number of hydrogen-bond acceptors (Lipinski definition) is 4. The van der Waals surface area contributed by atoms with Gasteiger partial charge in [0.15, 0.2) is 0 Å². The van der Waals surface area contributed by atoms with E-state index in [0.29, 0.717) is 5.69 Å². The molecule has 0 saturated heterocycles. The Morgan fingerprint density at radius 1 is 1.47 bits per heavy atom. The summed E-state index contributed by atoms with van der Waals surface area (Å²) in [6, 6.07) is 5.71. The van der Waals surface area contributed by atoms with Crippen LogP contribution in [-0.4, -0.2) is 12.6 Å². The van der Waals surface area contributed by atoms with E-state index in [4.69, 9.17) is 10.5 Å². The van der Waals surface area contributed by atoms with E-state index in [-0.39, 0.29) is 12.6 Å². The zero-order valence-electron chi connectivity index (χ0n) is 8.41. The fourth-order valence-corrected chi connectivity index (χ4v) is 1.42. The molecule has 4 heteroatoms. The number of cyclic esters (lactones) is 1. The van der Waals surface area contributed by atoms with Crippen LogP contribution in [0.3, 0.4) is 0 Å². The molecule has 1 aromatic carbocycles. The van der Waals surface area contributed by atoms with Crippen molar-refractivity contribution in [2.24, 2.45) is 0 Å². The normalized spacial score (nSPS) is 14.7. The fraction of sp³-hybridized carbons (Fsp3) is 0.182. The molecular formula is C11H12N2O2. The summed E-state index contributed by atoms with van der Waals surface area (Å²) in [5, 5.41) is 3.06. The lowest BCUT2D eigenvalue weighted by Gasteiger charge is -2.09. The number of anilines is 2. The van der Waals surface area contributed by atoms with Crippen molar-refractivity contribution in [3.05, 3.63) is 35.5 Å². The molecule has 78 valence electrons. The van der Waals surface area contributed by atoms with Gasteiger partial charge in [-0.3, -0.25) is 0 Å². The summed E-state index contributed by atoms with van der Waals surface area (Å²) < 4.78 is 4.77. The lowest BCUT2D eigenvalue weighted by Crippen LogP contribution is -2.03. The number of aryl methyl sites for hydroxylation is 1. The highest BCUT2D eigenvalue weighted by molar-refractivity contribution is 5.86. The van der Waals surface area contributed by atoms with Crippen molar-refractivity contribution in [3.8, 4) is 0 Å². The first-order chi connectivity index (χ1) is 7.15. The molecule has 0 spiro atoms. The number of carbonyl (C=O) groups is 1. The number of nitrogens with two attached hydrogens (primary N) is 1. The van der Waals surface area contributed by atoms with Crippen molar-refractivity contribution in [1.29, 1.82) is 0 Å². The first kappa shape index (κ1) is 9.58. The van der Waals surface area contributed by atoms with Gasteiger partial charge in [-0.15, -0.1) is 0 Å². The molecule has 1 aliphatic heterocycles. The van der Waals surface area contributed by atoms with E-state index in [1.807, 2.05) is 25.1 Å². The average Bonchev–Trinajstić information content (AvgIpc) is 2.56. The van der Waals surface area contributed by atoms with E-state index in [0.717, 1.165) is 16.9 Å². The van der Waals surface area contributed by atoms with E-state index in [9.17, 15) is 4.79 Å². The van der Waals surface area contributed by atoms with Crippen molar-refractivity contribution >= 4 is 17.3 Å². The van der Waals surface area contributed by atoms with Crippen LogP contribution < -0.4 is 11.1 Å². The summed E-state index contributed by atoms with van der Waals surface area (Å²) in [4.78, 5) is 10.8. The number of ether oxygens (including phenoxy) is 1. The maximum Gasteiger partial charge on any atom is 0.333 e. The summed E-state index contributed by atoms with van der Waals surface area (Å²) >= 11 is 0. The highest BCUT2D eigenvalue weighted by atomic mass is 16.5. The number of carbonyl (C=O) groups excluding carboxylic acids is 1. The van der Waals surface area contributed by atoms with Crippen molar-refractivity contribution < 1.29 is 9.53 Å². The molecule has 1 aliphatic rings. The summed E-state index contributed by atoms with van der Waals surface area (Å²) in [6.45, 7) is 2.26. The van der Waals surface area contributed by atoms with Crippen LogP contribution in [0.15, 0.2) is 30.0 Å². The molecule has 0 unspecified atom stereocenters. The second-order valence-electron chi connectivity index (χ2n) is 3.49. The topological polar surface area (TPSA) is 64.3 Å². The van der Waals surface area contributed by atoms with Gasteiger partial charge in [0.25, 0.3) is 0 Å². The predicted octanol–water partition coefficient (Wildman–Crippen LogP) is 1.43. The first-order valence-electron chi connectivity index (χ1n) is 4.65. The molecule has 0 bridgehead atoms. The van der Waals surface area contributed by atoms with Gasteiger partial charge >= 0.3 is 5.97 Å². The van der Waals surface area contributed by atoms with Gasteiger partial charge in [-0.05, 0) is 24.6 Å². The van der Waals surface area contributed by atoms with Crippen LogP contribution >= 0.6 is 0 Å². The van der Waals surface area contributed by atoms with E-state index in [1.54, 1.807) is 0 Å². The Labute approximate surface area is 87.7 Å². The maximum atomic E-state index is 10.8. The lowest BCUT2D eigenvalue weighted by atomic mass is 10.2. The molecule has 3 N–H and O–H groups in total. The molecule has 1 heterocycles. The van der Waals surface area contributed by atoms with Gasteiger partial charge in [-0.2, -0.15) is 0 Å². The molecule has 0 saturated carbocycles. The Morgan fingerprint density at radius 2 is 2.27 bits per heavy atom. The van der Waals surface area contributed by atoms with E-state index in [1.165, 1.54) is 6.08 Å². The Bertz CT molecular complexity index is 438. The van der Waals surface area contributed by atoms with Crippen LogP contribution in [0, 0.1) is 6.92 Å². The zero-order valence-corrected chi connectivity index (χ0v) is 8.41. The van der Waals surface area contributed by atoms with Gasteiger partial charge in [0.05, 0.1) is 17.1 Å². The number of nitrogens with one attached hydrogen (secondary N) is 1. The predicted molar refractivity (Wildman–Crippen MR) is 58.3 cm³/mol.